The van der Waals surface area contributed by atoms with Crippen molar-refractivity contribution in [3.63, 3.8) is 0 Å². The summed E-state index contributed by atoms with van der Waals surface area (Å²) in [6.45, 7) is 1.44. The van der Waals surface area contributed by atoms with Crippen molar-refractivity contribution in [1.29, 1.82) is 0 Å². The van der Waals surface area contributed by atoms with Crippen molar-refractivity contribution in [2.24, 2.45) is 0 Å². The van der Waals surface area contributed by atoms with Crippen LogP contribution in [-0.2, 0) is 0 Å². The van der Waals surface area contributed by atoms with Gasteiger partial charge in [0.1, 0.15) is 0 Å². The summed E-state index contributed by atoms with van der Waals surface area (Å²) < 4.78 is 13.4. The first-order valence-electron chi connectivity index (χ1n) is 5.31. The third-order valence-electron chi connectivity index (χ3n) is 2.74. The lowest BCUT2D eigenvalue weighted by molar-refractivity contribution is 0.161. The van der Waals surface area contributed by atoms with Crippen LogP contribution in [0.15, 0.2) is 18.3 Å². The molecular weight excluding hydrogens is 195 g/mol. The zero-order valence-corrected chi connectivity index (χ0v) is 8.56. The van der Waals surface area contributed by atoms with Gasteiger partial charge in [0.05, 0.1) is 6.10 Å². The molecule has 2 rings (SSSR count). The fraction of sp³-hybridized carbons (Fsp3) is 0.545. The standard InChI is InChI=1S/C11H15FN2O/c12-10-4-1-6-13-11(10)14-7-2-3-9(15)5-8-14/h1,4,6,9,15H,2-3,5,7-8H2. The van der Waals surface area contributed by atoms with Crippen LogP contribution in [0.3, 0.4) is 0 Å². The van der Waals surface area contributed by atoms with Gasteiger partial charge in [-0.3, -0.25) is 0 Å². The second-order valence-corrected chi connectivity index (χ2v) is 3.88. The SMILES string of the molecule is OC1CCCN(c2ncccc2F)CC1. The predicted octanol–water partition coefficient (Wildman–Crippen LogP) is 1.57. The molecule has 0 spiro atoms. The molecule has 1 fully saturated rings. The largest absolute Gasteiger partial charge is 0.393 e. The number of hydrogen-bond donors (Lipinski definition) is 1. The Hall–Kier alpha value is -1.16. The monoisotopic (exact) mass is 210 g/mol. The molecule has 0 bridgehead atoms. The van der Waals surface area contributed by atoms with Crippen molar-refractivity contribution < 1.29 is 9.50 Å². The van der Waals surface area contributed by atoms with E-state index in [1.807, 2.05) is 4.90 Å². The van der Waals surface area contributed by atoms with Crippen molar-refractivity contribution in [1.82, 2.24) is 4.98 Å². The molecule has 0 radical (unpaired) electrons. The minimum absolute atomic E-state index is 0.248. The molecule has 1 atom stereocenters. The van der Waals surface area contributed by atoms with Gasteiger partial charge < -0.3 is 10.0 Å². The maximum Gasteiger partial charge on any atom is 0.165 e. The van der Waals surface area contributed by atoms with E-state index < -0.39 is 0 Å². The lowest BCUT2D eigenvalue weighted by atomic mass is 10.2. The molecule has 1 aliphatic rings. The molecular formula is C11H15FN2O. The van der Waals surface area contributed by atoms with Crippen LogP contribution in [0, 0.1) is 5.82 Å². The first kappa shape index (κ1) is 10.4. The average molecular weight is 210 g/mol. The van der Waals surface area contributed by atoms with Crippen molar-refractivity contribution in [2.45, 2.75) is 25.4 Å². The molecule has 1 saturated heterocycles. The molecule has 1 aliphatic heterocycles. The van der Waals surface area contributed by atoms with Gasteiger partial charge >= 0.3 is 0 Å². The molecule has 3 nitrogen and oxygen atoms in total. The molecule has 2 heterocycles. The first-order chi connectivity index (χ1) is 7.27. The molecule has 0 amide bonds. The van der Waals surface area contributed by atoms with Gasteiger partial charge in [-0.25, -0.2) is 9.37 Å². The van der Waals surface area contributed by atoms with E-state index in [1.165, 1.54) is 6.07 Å². The third-order valence-corrected chi connectivity index (χ3v) is 2.74. The van der Waals surface area contributed by atoms with Gasteiger partial charge in [0.15, 0.2) is 11.6 Å². The smallest absolute Gasteiger partial charge is 0.165 e. The summed E-state index contributed by atoms with van der Waals surface area (Å²) >= 11 is 0. The van der Waals surface area contributed by atoms with E-state index in [0.29, 0.717) is 18.8 Å². The molecule has 0 aliphatic carbocycles. The molecule has 1 unspecified atom stereocenters. The second kappa shape index (κ2) is 4.57. The van der Waals surface area contributed by atoms with Gasteiger partial charge in [-0.15, -0.1) is 0 Å². The lowest BCUT2D eigenvalue weighted by Gasteiger charge is -2.21. The van der Waals surface area contributed by atoms with Crippen molar-refractivity contribution in [2.75, 3.05) is 18.0 Å². The van der Waals surface area contributed by atoms with Crippen LogP contribution in [0.1, 0.15) is 19.3 Å². The number of hydrogen-bond acceptors (Lipinski definition) is 3. The van der Waals surface area contributed by atoms with Gasteiger partial charge in [-0.2, -0.15) is 0 Å². The summed E-state index contributed by atoms with van der Waals surface area (Å²) in [6, 6.07) is 3.01. The fourth-order valence-corrected chi connectivity index (χ4v) is 1.90. The van der Waals surface area contributed by atoms with E-state index in [4.69, 9.17) is 0 Å². The third kappa shape index (κ3) is 2.45. The van der Waals surface area contributed by atoms with E-state index in [9.17, 15) is 9.50 Å². The lowest BCUT2D eigenvalue weighted by Crippen LogP contribution is -2.26. The highest BCUT2D eigenvalue weighted by molar-refractivity contribution is 5.39. The number of halogens is 1. The number of aliphatic hydroxyl groups is 1. The minimum atomic E-state index is -0.283. The van der Waals surface area contributed by atoms with Gasteiger partial charge in [-0.05, 0) is 31.4 Å². The highest BCUT2D eigenvalue weighted by Crippen LogP contribution is 2.19. The first-order valence-corrected chi connectivity index (χ1v) is 5.31. The number of pyridine rings is 1. The molecule has 1 aromatic heterocycles. The Balaban J connectivity index is 2.13. The number of anilines is 1. The zero-order valence-electron chi connectivity index (χ0n) is 8.56. The topological polar surface area (TPSA) is 36.4 Å². The Kier molecular flexibility index (Phi) is 3.16. The minimum Gasteiger partial charge on any atom is -0.393 e. The quantitative estimate of drug-likeness (QED) is 0.764. The number of nitrogens with zero attached hydrogens (tertiary/aromatic N) is 2. The van der Waals surface area contributed by atoms with Gasteiger partial charge in [0.25, 0.3) is 0 Å². The Morgan fingerprint density at radius 3 is 3.07 bits per heavy atom. The van der Waals surface area contributed by atoms with Gasteiger partial charge in [0.2, 0.25) is 0 Å². The number of rotatable bonds is 1. The van der Waals surface area contributed by atoms with Crippen LogP contribution in [0.25, 0.3) is 0 Å². The Labute approximate surface area is 88.6 Å². The van der Waals surface area contributed by atoms with Crippen LogP contribution in [0.4, 0.5) is 10.2 Å². The molecule has 4 heteroatoms. The Bertz CT molecular complexity index is 332. The maximum absolute atomic E-state index is 13.4. The van der Waals surface area contributed by atoms with E-state index >= 15 is 0 Å². The highest BCUT2D eigenvalue weighted by Gasteiger charge is 2.18. The Morgan fingerprint density at radius 2 is 2.27 bits per heavy atom. The summed E-state index contributed by atoms with van der Waals surface area (Å²) in [5.41, 5.74) is 0. The summed E-state index contributed by atoms with van der Waals surface area (Å²) in [7, 11) is 0. The van der Waals surface area contributed by atoms with Crippen molar-refractivity contribution in [3.05, 3.63) is 24.1 Å². The second-order valence-electron chi connectivity index (χ2n) is 3.88. The molecule has 0 saturated carbocycles. The van der Waals surface area contributed by atoms with Crippen molar-refractivity contribution in [3.8, 4) is 0 Å². The average Bonchev–Trinajstić information content (AvgIpc) is 2.44. The molecule has 1 N–H and O–H groups in total. The summed E-state index contributed by atoms with van der Waals surface area (Å²) in [6.07, 6.45) is 3.72. The van der Waals surface area contributed by atoms with Gasteiger partial charge in [-0.1, -0.05) is 0 Å². The fourth-order valence-electron chi connectivity index (χ4n) is 1.90. The predicted molar refractivity (Wildman–Crippen MR) is 56.3 cm³/mol. The molecule has 15 heavy (non-hydrogen) atoms. The van der Waals surface area contributed by atoms with Crippen LogP contribution < -0.4 is 4.90 Å². The van der Waals surface area contributed by atoms with E-state index in [2.05, 4.69) is 4.98 Å². The van der Waals surface area contributed by atoms with Crippen LogP contribution in [0.5, 0.6) is 0 Å². The zero-order chi connectivity index (χ0) is 10.7. The molecule has 0 aromatic carbocycles. The van der Waals surface area contributed by atoms with Crippen LogP contribution >= 0.6 is 0 Å². The summed E-state index contributed by atoms with van der Waals surface area (Å²) in [4.78, 5) is 5.95. The number of aliphatic hydroxyl groups excluding tert-OH is 1. The van der Waals surface area contributed by atoms with E-state index in [-0.39, 0.29) is 11.9 Å². The Morgan fingerprint density at radius 1 is 1.40 bits per heavy atom. The number of aromatic nitrogens is 1. The summed E-state index contributed by atoms with van der Waals surface area (Å²) in [5, 5.41) is 9.48. The van der Waals surface area contributed by atoms with Crippen LogP contribution in [-0.4, -0.2) is 29.3 Å². The van der Waals surface area contributed by atoms with Crippen LogP contribution in [0.2, 0.25) is 0 Å². The van der Waals surface area contributed by atoms with E-state index in [1.54, 1.807) is 12.3 Å². The van der Waals surface area contributed by atoms with E-state index in [0.717, 1.165) is 19.4 Å². The summed E-state index contributed by atoms with van der Waals surface area (Å²) in [5.74, 6) is 0.125. The van der Waals surface area contributed by atoms with Crippen molar-refractivity contribution >= 4 is 5.82 Å². The molecule has 82 valence electrons. The highest BCUT2D eigenvalue weighted by atomic mass is 19.1. The van der Waals surface area contributed by atoms with Gasteiger partial charge in [0, 0.05) is 19.3 Å². The molecule has 1 aromatic rings. The normalized spacial score (nSPS) is 22.5. The maximum atomic E-state index is 13.4.